The van der Waals surface area contributed by atoms with Gasteiger partial charge in [-0.2, -0.15) is 13.6 Å². The van der Waals surface area contributed by atoms with Crippen LogP contribution in [0.2, 0.25) is 0 Å². The Bertz CT molecular complexity index is 639. The summed E-state index contributed by atoms with van der Waals surface area (Å²) in [4.78, 5) is 10.4. The third-order valence-electron chi connectivity index (χ3n) is 2.51. The quantitative estimate of drug-likeness (QED) is 0.496. The van der Waals surface area contributed by atoms with E-state index < -0.39 is 26.3 Å². The molecule has 0 saturated carbocycles. The molecule has 0 radical (unpaired) electrons. The summed E-state index contributed by atoms with van der Waals surface area (Å²) < 4.78 is 31.5. The number of rotatable bonds is 4. The van der Waals surface area contributed by atoms with Gasteiger partial charge in [-0.15, -0.1) is 0 Å². The van der Waals surface area contributed by atoms with Crippen LogP contribution < -0.4 is 14.1 Å². The average molecular weight is 328 g/mol. The molecular formula is C11H17N2NaO6S. The SMILES string of the molecule is COc1c(OS(N)(=O)=O)cc(C(C)(C)C)cc1[N+](=O)[O-].[NaH]. The monoisotopic (exact) mass is 328 g/mol. The molecule has 0 aliphatic carbocycles. The molecule has 8 nitrogen and oxygen atoms in total. The normalized spacial score (nSPS) is 11.5. The van der Waals surface area contributed by atoms with Gasteiger partial charge in [0.25, 0.3) is 0 Å². The van der Waals surface area contributed by atoms with Crippen molar-refractivity contribution in [3.63, 3.8) is 0 Å². The van der Waals surface area contributed by atoms with Gasteiger partial charge in [-0.25, -0.2) is 0 Å². The van der Waals surface area contributed by atoms with Crippen molar-refractivity contribution in [1.82, 2.24) is 0 Å². The third kappa shape index (κ3) is 5.44. The molecule has 1 aromatic carbocycles. The Balaban J connectivity index is 0.00000400. The Hall–Kier alpha value is -0.870. The second kappa shape index (κ2) is 6.93. The van der Waals surface area contributed by atoms with Crippen LogP contribution in [0.15, 0.2) is 12.1 Å². The number of nitro benzene ring substituents is 1. The van der Waals surface area contributed by atoms with Crippen molar-refractivity contribution < 1.29 is 22.3 Å². The van der Waals surface area contributed by atoms with Gasteiger partial charge in [0.2, 0.25) is 5.75 Å². The summed E-state index contributed by atoms with van der Waals surface area (Å²) in [5, 5.41) is 15.9. The van der Waals surface area contributed by atoms with E-state index in [9.17, 15) is 18.5 Å². The van der Waals surface area contributed by atoms with E-state index in [0.717, 1.165) is 0 Å². The van der Waals surface area contributed by atoms with Crippen LogP contribution in [-0.2, 0) is 15.7 Å². The van der Waals surface area contributed by atoms with E-state index in [4.69, 9.17) is 9.88 Å². The third-order valence-corrected chi connectivity index (χ3v) is 2.92. The number of hydrogen-bond acceptors (Lipinski definition) is 6. The summed E-state index contributed by atoms with van der Waals surface area (Å²) in [5.74, 6) is -0.605. The molecule has 10 heteroatoms. The van der Waals surface area contributed by atoms with Gasteiger partial charge in [-0.05, 0) is 17.0 Å². The standard InChI is InChI=1S/C11H16N2O6S.Na.H/c1-11(2,3)7-5-8(13(14)15)10(18-4)9(6-7)19-20(12,16)17;;/h5-6H,1-4H3,(H2,12,16,17);;. The molecule has 0 amide bonds. The van der Waals surface area contributed by atoms with Crippen LogP contribution in [0.5, 0.6) is 11.5 Å². The van der Waals surface area contributed by atoms with Gasteiger partial charge in [0, 0.05) is 6.07 Å². The van der Waals surface area contributed by atoms with Gasteiger partial charge in [-0.3, -0.25) is 10.1 Å². The van der Waals surface area contributed by atoms with Gasteiger partial charge >= 0.3 is 45.5 Å². The number of ether oxygens (including phenoxy) is 1. The maximum atomic E-state index is 11.1. The van der Waals surface area contributed by atoms with Crippen LogP contribution in [0, 0.1) is 10.1 Å². The zero-order chi connectivity index (χ0) is 15.7. The van der Waals surface area contributed by atoms with Gasteiger partial charge in [0.15, 0.2) is 5.75 Å². The van der Waals surface area contributed by atoms with E-state index in [1.165, 1.54) is 19.2 Å². The second-order valence-corrected chi connectivity index (χ2v) is 6.26. The van der Waals surface area contributed by atoms with Crippen LogP contribution in [0.4, 0.5) is 5.69 Å². The van der Waals surface area contributed by atoms with Gasteiger partial charge in [0.05, 0.1) is 12.0 Å². The zero-order valence-electron chi connectivity index (χ0n) is 11.5. The van der Waals surface area contributed by atoms with Crippen LogP contribution in [0.1, 0.15) is 26.3 Å². The first-order valence-corrected chi connectivity index (χ1v) is 7.02. The van der Waals surface area contributed by atoms with E-state index in [1.54, 1.807) is 0 Å². The van der Waals surface area contributed by atoms with Gasteiger partial charge < -0.3 is 8.92 Å². The predicted molar refractivity (Wildman–Crippen MR) is 79.2 cm³/mol. The van der Waals surface area contributed by atoms with E-state index in [-0.39, 0.29) is 41.1 Å². The Morgan fingerprint density at radius 2 is 1.81 bits per heavy atom. The summed E-state index contributed by atoms with van der Waals surface area (Å²) in [6, 6.07) is 2.67. The Labute approximate surface area is 145 Å². The maximum absolute atomic E-state index is 11.1. The van der Waals surface area contributed by atoms with Gasteiger partial charge in [-0.1, -0.05) is 20.8 Å². The molecule has 0 heterocycles. The molecular weight excluding hydrogens is 311 g/mol. The van der Waals surface area contributed by atoms with E-state index >= 15 is 0 Å². The molecule has 21 heavy (non-hydrogen) atoms. The van der Waals surface area contributed by atoms with Crippen molar-refractivity contribution in [1.29, 1.82) is 0 Å². The minimum absolute atomic E-state index is 0. The van der Waals surface area contributed by atoms with Crippen LogP contribution >= 0.6 is 0 Å². The number of hydrogen-bond donors (Lipinski definition) is 1. The summed E-state index contributed by atoms with van der Waals surface area (Å²) in [7, 11) is -3.14. The van der Waals surface area contributed by atoms with Gasteiger partial charge in [0.1, 0.15) is 0 Å². The molecule has 1 aromatic rings. The number of benzene rings is 1. The molecule has 0 bridgehead atoms. The summed E-state index contributed by atoms with van der Waals surface area (Å²) >= 11 is 0. The Kier molecular flexibility index (Phi) is 6.64. The van der Waals surface area contributed by atoms with Crippen molar-refractivity contribution in [2.75, 3.05) is 7.11 Å². The Morgan fingerprint density at radius 1 is 1.29 bits per heavy atom. The summed E-state index contributed by atoms with van der Waals surface area (Å²) in [6.45, 7) is 5.46. The fourth-order valence-electron chi connectivity index (χ4n) is 1.55. The second-order valence-electron chi connectivity index (χ2n) is 5.11. The molecule has 0 atom stereocenters. The number of nitrogens with zero attached hydrogens (tertiary/aromatic N) is 1. The van der Waals surface area contributed by atoms with E-state index in [0.29, 0.717) is 5.56 Å². The van der Waals surface area contributed by atoms with Crippen LogP contribution in [0.3, 0.4) is 0 Å². The predicted octanol–water partition coefficient (Wildman–Crippen LogP) is 0.835. The molecule has 0 fully saturated rings. The zero-order valence-corrected chi connectivity index (χ0v) is 12.4. The molecule has 0 aliphatic rings. The van der Waals surface area contributed by atoms with Crippen molar-refractivity contribution in [2.45, 2.75) is 26.2 Å². The number of methoxy groups -OCH3 is 1. The first kappa shape index (κ1) is 20.1. The fourth-order valence-corrected chi connectivity index (χ4v) is 1.92. The van der Waals surface area contributed by atoms with Crippen molar-refractivity contribution >= 4 is 45.5 Å². The van der Waals surface area contributed by atoms with Crippen molar-refractivity contribution in [2.24, 2.45) is 5.14 Å². The molecule has 0 aromatic heterocycles. The molecule has 2 N–H and O–H groups in total. The molecule has 0 unspecified atom stereocenters. The molecule has 1 rings (SSSR count). The molecule has 0 saturated heterocycles. The fraction of sp³-hybridized carbons (Fsp3) is 0.455. The number of nitrogens with two attached hydrogens (primary N) is 1. The van der Waals surface area contributed by atoms with E-state index in [1.807, 2.05) is 20.8 Å². The summed E-state index contributed by atoms with van der Waals surface area (Å²) in [5.41, 5.74) is -0.324. The topological polar surface area (TPSA) is 122 Å². The average Bonchev–Trinajstić information content (AvgIpc) is 2.24. The first-order chi connectivity index (χ1) is 8.95. The molecule has 0 spiro atoms. The molecule has 114 valence electrons. The molecule has 0 aliphatic heterocycles. The minimum atomic E-state index is -4.32. The van der Waals surface area contributed by atoms with Crippen LogP contribution in [0.25, 0.3) is 0 Å². The van der Waals surface area contributed by atoms with Crippen LogP contribution in [-0.4, -0.2) is 50.0 Å². The first-order valence-electron chi connectivity index (χ1n) is 5.55. The van der Waals surface area contributed by atoms with Crippen molar-refractivity contribution in [3.8, 4) is 11.5 Å². The van der Waals surface area contributed by atoms with Crippen molar-refractivity contribution in [3.05, 3.63) is 27.8 Å². The summed E-state index contributed by atoms with van der Waals surface area (Å²) in [6.07, 6.45) is 0. The van der Waals surface area contributed by atoms with E-state index in [2.05, 4.69) is 4.18 Å². The number of nitro groups is 1. The Morgan fingerprint density at radius 3 is 2.14 bits per heavy atom.